The predicted molar refractivity (Wildman–Crippen MR) is 127 cm³/mol. The lowest BCUT2D eigenvalue weighted by molar-refractivity contribution is -0.140. The van der Waals surface area contributed by atoms with Crippen molar-refractivity contribution < 1.29 is 9.59 Å². The van der Waals surface area contributed by atoms with E-state index in [4.69, 9.17) is 11.6 Å². The van der Waals surface area contributed by atoms with Crippen LogP contribution in [0.15, 0.2) is 54.6 Å². The van der Waals surface area contributed by atoms with Gasteiger partial charge in [-0.15, -0.1) is 0 Å². The van der Waals surface area contributed by atoms with E-state index in [1.807, 2.05) is 50.2 Å². The summed E-state index contributed by atoms with van der Waals surface area (Å²) in [5.41, 5.74) is 2.16. The summed E-state index contributed by atoms with van der Waals surface area (Å²) in [7, 11) is 0. The smallest absolute Gasteiger partial charge is 0.242 e. The zero-order chi connectivity index (χ0) is 21.9. The summed E-state index contributed by atoms with van der Waals surface area (Å²) < 4.78 is 0. The zero-order valence-corrected chi connectivity index (χ0v) is 19.5. The maximum Gasteiger partial charge on any atom is 0.242 e. The van der Waals surface area contributed by atoms with E-state index in [2.05, 4.69) is 17.4 Å². The van der Waals surface area contributed by atoms with Gasteiger partial charge in [-0.1, -0.05) is 61.0 Å². The number of rotatable bonds is 11. The van der Waals surface area contributed by atoms with E-state index in [-0.39, 0.29) is 17.9 Å². The first-order chi connectivity index (χ1) is 14.4. The van der Waals surface area contributed by atoms with Crippen LogP contribution in [0.25, 0.3) is 0 Å². The molecule has 0 saturated heterocycles. The fraction of sp³-hybridized carbons (Fsp3) is 0.417. The number of halogens is 1. The molecule has 0 aliphatic carbocycles. The van der Waals surface area contributed by atoms with Crippen molar-refractivity contribution in [2.24, 2.45) is 0 Å². The molecule has 2 rings (SSSR count). The van der Waals surface area contributed by atoms with Gasteiger partial charge in [-0.25, -0.2) is 0 Å². The van der Waals surface area contributed by atoms with Gasteiger partial charge in [-0.3, -0.25) is 9.59 Å². The number of hydrogen-bond donors (Lipinski definition) is 1. The van der Waals surface area contributed by atoms with Crippen LogP contribution in [0.2, 0.25) is 5.02 Å². The van der Waals surface area contributed by atoms with Crippen LogP contribution >= 0.6 is 23.4 Å². The minimum absolute atomic E-state index is 0.0256. The number of benzene rings is 2. The highest BCUT2D eigenvalue weighted by Gasteiger charge is 2.26. The Kier molecular flexibility index (Phi) is 10.2. The predicted octanol–water partition coefficient (Wildman–Crippen LogP) is 5.30. The molecule has 2 aromatic rings. The molecule has 0 heterocycles. The van der Waals surface area contributed by atoms with Crippen molar-refractivity contribution >= 4 is 35.2 Å². The molecular formula is C24H31ClN2O2S. The largest absolute Gasteiger partial charge is 0.352 e. The SMILES string of the molecule is CC[C@H](C)NC(=O)[C@H](C)N(Cc1cccc(Cl)c1)C(=O)CCSCc1ccccc1. The molecule has 2 amide bonds. The molecule has 0 radical (unpaired) electrons. The highest BCUT2D eigenvalue weighted by Crippen LogP contribution is 2.18. The Morgan fingerprint density at radius 1 is 1.07 bits per heavy atom. The van der Waals surface area contributed by atoms with Crippen LogP contribution in [0.5, 0.6) is 0 Å². The van der Waals surface area contributed by atoms with Gasteiger partial charge < -0.3 is 10.2 Å². The average Bonchev–Trinajstić information content (AvgIpc) is 2.75. The molecule has 0 saturated carbocycles. The third kappa shape index (κ3) is 8.04. The maximum atomic E-state index is 13.0. The molecule has 0 bridgehead atoms. The first-order valence-electron chi connectivity index (χ1n) is 10.4. The van der Waals surface area contributed by atoms with Crippen molar-refractivity contribution in [2.75, 3.05) is 5.75 Å². The number of thioether (sulfide) groups is 1. The second kappa shape index (κ2) is 12.7. The molecule has 0 aliphatic rings. The molecule has 2 aromatic carbocycles. The Morgan fingerprint density at radius 2 is 1.77 bits per heavy atom. The number of carbonyl (C=O) groups excluding carboxylic acids is 2. The van der Waals surface area contributed by atoms with Gasteiger partial charge in [-0.2, -0.15) is 11.8 Å². The quantitative estimate of drug-likeness (QED) is 0.477. The van der Waals surface area contributed by atoms with Gasteiger partial charge in [0.15, 0.2) is 0 Å². The molecular weight excluding hydrogens is 416 g/mol. The van der Waals surface area contributed by atoms with Crippen molar-refractivity contribution in [3.8, 4) is 0 Å². The third-order valence-corrected chi connectivity index (χ3v) is 6.25. The highest BCUT2D eigenvalue weighted by atomic mass is 35.5. The van der Waals surface area contributed by atoms with E-state index in [0.717, 1.165) is 17.7 Å². The second-order valence-electron chi connectivity index (χ2n) is 7.43. The molecule has 2 atom stereocenters. The molecule has 0 spiro atoms. The summed E-state index contributed by atoms with van der Waals surface area (Å²) in [6.45, 7) is 6.14. The van der Waals surface area contributed by atoms with Gasteiger partial charge in [0.05, 0.1) is 0 Å². The van der Waals surface area contributed by atoms with Crippen LogP contribution < -0.4 is 5.32 Å². The van der Waals surface area contributed by atoms with Gasteiger partial charge in [0, 0.05) is 35.5 Å². The molecule has 30 heavy (non-hydrogen) atoms. The summed E-state index contributed by atoms with van der Waals surface area (Å²) in [6, 6.07) is 17.2. The van der Waals surface area contributed by atoms with E-state index in [0.29, 0.717) is 23.7 Å². The summed E-state index contributed by atoms with van der Waals surface area (Å²) in [4.78, 5) is 27.4. The summed E-state index contributed by atoms with van der Waals surface area (Å²) >= 11 is 7.84. The standard InChI is InChI=1S/C24H31ClN2O2S/c1-4-18(2)26-24(29)19(3)27(16-21-11-8-12-22(25)15-21)23(28)13-14-30-17-20-9-6-5-7-10-20/h5-12,15,18-19H,4,13-14,16-17H2,1-3H3,(H,26,29)/t18-,19-/m0/s1. The first kappa shape index (κ1) is 24.3. The van der Waals surface area contributed by atoms with Gasteiger partial charge in [0.25, 0.3) is 0 Å². The normalized spacial score (nSPS) is 12.8. The van der Waals surface area contributed by atoms with Crippen LogP contribution in [0.3, 0.4) is 0 Å². The lowest BCUT2D eigenvalue weighted by Gasteiger charge is -2.29. The summed E-state index contributed by atoms with van der Waals surface area (Å²) in [5, 5.41) is 3.61. The van der Waals surface area contributed by atoms with E-state index in [1.165, 1.54) is 5.56 Å². The number of nitrogens with one attached hydrogen (secondary N) is 1. The van der Waals surface area contributed by atoms with E-state index in [9.17, 15) is 9.59 Å². The van der Waals surface area contributed by atoms with Crippen molar-refractivity contribution in [1.29, 1.82) is 0 Å². The van der Waals surface area contributed by atoms with Crippen LogP contribution in [-0.2, 0) is 21.9 Å². The number of nitrogens with zero attached hydrogens (tertiary/aromatic N) is 1. The van der Waals surface area contributed by atoms with Gasteiger partial charge in [0.1, 0.15) is 6.04 Å². The fourth-order valence-electron chi connectivity index (χ4n) is 2.95. The summed E-state index contributed by atoms with van der Waals surface area (Å²) in [6.07, 6.45) is 1.23. The maximum absolute atomic E-state index is 13.0. The minimum Gasteiger partial charge on any atom is -0.352 e. The molecule has 4 nitrogen and oxygen atoms in total. The average molecular weight is 447 g/mol. The molecule has 0 aromatic heterocycles. The van der Waals surface area contributed by atoms with E-state index < -0.39 is 6.04 Å². The Balaban J connectivity index is 2.01. The van der Waals surface area contributed by atoms with Gasteiger partial charge in [0.2, 0.25) is 11.8 Å². The number of carbonyl (C=O) groups is 2. The van der Waals surface area contributed by atoms with Gasteiger partial charge >= 0.3 is 0 Å². The lowest BCUT2D eigenvalue weighted by Crippen LogP contribution is -2.49. The van der Waals surface area contributed by atoms with Crippen LogP contribution in [0.1, 0.15) is 44.7 Å². The molecule has 0 fully saturated rings. The number of hydrogen-bond acceptors (Lipinski definition) is 3. The molecule has 1 N–H and O–H groups in total. The second-order valence-corrected chi connectivity index (χ2v) is 8.98. The molecule has 0 aliphatic heterocycles. The van der Waals surface area contributed by atoms with Gasteiger partial charge in [-0.05, 0) is 43.5 Å². The van der Waals surface area contributed by atoms with Crippen LogP contribution in [0, 0.1) is 0 Å². The topological polar surface area (TPSA) is 49.4 Å². The molecule has 162 valence electrons. The van der Waals surface area contributed by atoms with Crippen molar-refractivity contribution in [2.45, 2.75) is 58.0 Å². The minimum atomic E-state index is -0.551. The monoisotopic (exact) mass is 446 g/mol. The lowest BCUT2D eigenvalue weighted by atomic mass is 10.1. The number of amides is 2. The molecule has 0 unspecified atom stereocenters. The van der Waals surface area contributed by atoms with Crippen LogP contribution in [0.4, 0.5) is 0 Å². The Bertz CT molecular complexity index is 816. The Labute approximate surface area is 189 Å². The van der Waals surface area contributed by atoms with Crippen molar-refractivity contribution in [3.05, 3.63) is 70.7 Å². The Morgan fingerprint density at radius 3 is 2.43 bits per heavy atom. The van der Waals surface area contributed by atoms with E-state index in [1.54, 1.807) is 29.7 Å². The first-order valence-corrected chi connectivity index (χ1v) is 11.9. The third-order valence-electron chi connectivity index (χ3n) is 4.98. The zero-order valence-electron chi connectivity index (χ0n) is 17.9. The molecule has 6 heteroatoms. The fourth-order valence-corrected chi connectivity index (χ4v) is 4.05. The van der Waals surface area contributed by atoms with Crippen molar-refractivity contribution in [3.63, 3.8) is 0 Å². The highest BCUT2D eigenvalue weighted by molar-refractivity contribution is 7.98. The van der Waals surface area contributed by atoms with Crippen LogP contribution in [-0.4, -0.2) is 34.6 Å². The Hall–Kier alpha value is -1.98. The van der Waals surface area contributed by atoms with E-state index >= 15 is 0 Å². The summed E-state index contributed by atoms with van der Waals surface area (Å²) in [5.74, 6) is 1.42. The van der Waals surface area contributed by atoms with Crippen molar-refractivity contribution in [1.82, 2.24) is 10.2 Å².